The van der Waals surface area contributed by atoms with Crippen LogP contribution in [0.15, 0.2) is 65.3 Å². The first-order chi connectivity index (χ1) is 16.3. The van der Waals surface area contributed by atoms with Crippen molar-refractivity contribution in [3.05, 3.63) is 71.4 Å². The molecule has 168 valence electrons. The van der Waals surface area contributed by atoms with E-state index in [1.165, 1.54) is 0 Å². The molecule has 0 spiro atoms. The van der Waals surface area contributed by atoms with Crippen molar-refractivity contribution in [2.45, 2.75) is 6.54 Å². The lowest BCUT2D eigenvalue weighted by atomic mass is 10.1. The molecule has 1 fully saturated rings. The van der Waals surface area contributed by atoms with Gasteiger partial charge in [-0.3, -0.25) is 10.3 Å². The number of ether oxygens (including phenoxy) is 2. The number of rotatable bonds is 7. The van der Waals surface area contributed by atoms with E-state index >= 15 is 0 Å². The number of nitrogens with one attached hydrogen (secondary N) is 1. The van der Waals surface area contributed by atoms with Crippen LogP contribution in [0.3, 0.4) is 0 Å². The maximum absolute atomic E-state index is 5.58. The van der Waals surface area contributed by atoms with Gasteiger partial charge in [-0.05, 0) is 29.3 Å². The smallest absolute Gasteiger partial charge is 0.159 e. The first-order valence-electron chi connectivity index (χ1n) is 10.9. The van der Waals surface area contributed by atoms with Crippen molar-refractivity contribution in [1.82, 2.24) is 14.9 Å². The molecule has 0 bridgehead atoms. The molecule has 8 heteroatoms. The second kappa shape index (κ2) is 10.1. The third-order valence-electron chi connectivity index (χ3n) is 5.64. The predicted octanol–water partition coefficient (Wildman–Crippen LogP) is 4.65. The Bertz CT molecular complexity index is 1250. The Morgan fingerprint density at radius 1 is 1.15 bits per heavy atom. The maximum atomic E-state index is 5.58. The van der Waals surface area contributed by atoms with Gasteiger partial charge in [0.25, 0.3) is 0 Å². The highest BCUT2D eigenvalue weighted by molar-refractivity contribution is 7.17. The molecule has 2 aromatic heterocycles. The highest BCUT2D eigenvalue weighted by Crippen LogP contribution is 2.36. The lowest BCUT2D eigenvalue weighted by molar-refractivity contribution is 0.0339. The first kappa shape index (κ1) is 21.5. The normalized spacial score (nSPS) is 14.7. The summed E-state index contributed by atoms with van der Waals surface area (Å²) in [5.41, 5.74) is 7.49. The minimum absolute atomic E-state index is 0.693. The Morgan fingerprint density at radius 2 is 2.00 bits per heavy atom. The summed E-state index contributed by atoms with van der Waals surface area (Å²) in [5.74, 6) is 1.58. The number of hydrazone groups is 1. The molecule has 4 aromatic rings. The molecular formula is C25H25N5O2S. The molecule has 33 heavy (non-hydrogen) atoms. The highest BCUT2D eigenvalue weighted by Gasteiger charge is 2.14. The molecule has 2 aromatic carbocycles. The summed E-state index contributed by atoms with van der Waals surface area (Å²) in [5, 5.41) is 7.58. The zero-order chi connectivity index (χ0) is 22.5. The van der Waals surface area contributed by atoms with Crippen molar-refractivity contribution in [3.63, 3.8) is 0 Å². The summed E-state index contributed by atoms with van der Waals surface area (Å²) in [6, 6.07) is 16.4. The second-order valence-electron chi connectivity index (χ2n) is 7.75. The van der Waals surface area contributed by atoms with Gasteiger partial charge in [0.15, 0.2) is 5.82 Å². The molecule has 1 saturated heterocycles. The Morgan fingerprint density at radius 3 is 2.82 bits per heavy atom. The lowest BCUT2D eigenvalue weighted by Gasteiger charge is -2.27. The Kier molecular flexibility index (Phi) is 6.57. The fraction of sp³-hybridized carbons (Fsp3) is 0.240. The monoisotopic (exact) mass is 459 g/mol. The average molecular weight is 460 g/mol. The van der Waals surface area contributed by atoms with E-state index in [0.717, 1.165) is 71.1 Å². The number of anilines is 1. The number of benzene rings is 2. The summed E-state index contributed by atoms with van der Waals surface area (Å²) in [7, 11) is 1.71. The summed E-state index contributed by atoms with van der Waals surface area (Å²) in [6.45, 7) is 4.22. The molecule has 0 unspecified atom stereocenters. The fourth-order valence-corrected chi connectivity index (χ4v) is 4.88. The summed E-state index contributed by atoms with van der Waals surface area (Å²) in [6.07, 6.45) is 3.38. The van der Waals surface area contributed by atoms with Gasteiger partial charge in [0, 0.05) is 36.1 Å². The number of hydrogen-bond donors (Lipinski definition) is 1. The standard InChI is InChI=1S/C25H25N5O2S/c1-31-22-8-7-18(13-20(22)15-30-9-11-32-12-10-30)14-28-29-24-23-21(19-5-3-2-4-6-19)16-33-25(23)27-17-26-24/h2-8,13-14,16-17H,9-12,15H2,1H3,(H,26,27,29)/b28-14+. The number of thiophene rings is 1. The number of fused-ring (bicyclic) bond motifs is 1. The number of hydrogen-bond acceptors (Lipinski definition) is 8. The number of methoxy groups -OCH3 is 1. The molecule has 5 rings (SSSR count). The van der Waals surface area contributed by atoms with Gasteiger partial charge in [-0.15, -0.1) is 11.3 Å². The van der Waals surface area contributed by atoms with Crippen LogP contribution < -0.4 is 10.2 Å². The predicted molar refractivity (Wildman–Crippen MR) is 133 cm³/mol. The molecule has 1 N–H and O–H groups in total. The highest BCUT2D eigenvalue weighted by atomic mass is 32.1. The van der Waals surface area contributed by atoms with Crippen molar-refractivity contribution in [2.75, 3.05) is 38.8 Å². The van der Waals surface area contributed by atoms with E-state index in [9.17, 15) is 0 Å². The van der Waals surface area contributed by atoms with Crippen molar-refractivity contribution < 1.29 is 9.47 Å². The summed E-state index contributed by atoms with van der Waals surface area (Å²) in [4.78, 5) is 12.2. The van der Waals surface area contributed by atoms with E-state index in [4.69, 9.17) is 9.47 Å². The van der Waals surface area contributed by atoms with Gasteiger partial charge in [-0.1, -0.05) is 30.3 Å². The molecule has 0 amide bonds. The summed E-state index contributed by atoms with van der Waals surface area (Å²) < 4.78 is 11.0. The van der Waals surface area contributed by atoms with E-state index in [2.05, 4.69) is 49.0 Å². The van der Waals surface area contributed by atoms with Crippen LogP contribution in [-0.4, -0.2) is 54.5 Å². The van der Waals surface area contributed by atoms with Crippen LogP contribution in [0, 0.1) is 0 Å². The van der Waals surface area contributed by atoms with Crippen molar-refractivity contribution in [3.8, 4) is 16.9 Å². The Balaban J connectivity index is 1.37. The van der Waals surface area contributed by atoms with Gasteiger partial charge in [0.05, 0.1) is 31.9 Å². The number of morpholine rings is 1. The largest absolute Gasteiger partial charge is 0.496 e. The fourth-order valence-electron chi connectivity index (χ4n) is 3.96. The van der Waals surface area contributed by atoms with Gasteiger partial charge in [-0.25, -0.2) is 9.97 Å². The zero-order valence-electron chi connectivity index (χ0n) is 18.4. The third kappa shape index (κ3) is 4.88. The van der Waals surface area contributed by atoms with Crippen LogP contribution in [0.2, 0.25) is 0 Å². The van der Waals surface area contributed by atoms with Gasteiger partial charge >= 0.3 is 0 Å². The molecule has 1 aliphatic rings. The van der Waals surface area contributed by atoms with Crippen LogP contribution in [0.25, 0.3) is 21.3 Å². The van der Waals surface area contributed by atoms with Crippen LogP contribution in [0.5, 0.6) is 5.75 Å². The molecule has 0 atom stereocenters. The van der Waals surface area contributed by atoms with Crippen LogP contribution in [0.1, 0.15) is 11.1 Å². The SMILES string of the molecule is COc1ccc(/C=N/Nc2ncnc3scc(-c4ccccc4)c23)cc1CN1CCOCC1. The van der Waals surface area contributed by atoms with E-state index in [1.807, 2.05) is 36.5 Å². The van der Waals surface area contributed by atoms with Crippen molar-refractivity contribution >= 4 is 33.6 Å². The van der Waals surface area contributed by atoms with Crippen molar-refractivity contribution in [1.29, 1.82) is 0 Å². The maximum Gasteiger partial charge on any atom is 0.159 e. The van der Waals surface area contributed by atoms with Crippen molar-refractivity contribution in [2.24, 2.45) is 5.10 Å². The second-order valence-corrected chi connectivity index (χ2v) is 8.61. The number of nitrogens with zero attached hydrogens (tertiary/aromatic N) is 4. The van der Waals surface area contributed by atoms with Gasteiger partial charge in [0.2, 0.25) is 0 Å². The Hall–Kier alpha value is -3.33. The van der Waals surface area contributed by atoms with E-state index in [1.54, 1.807) is 24.8 Å². The minimum Gasteiger partial charge on any atom is -0.496 e. The average Bonchev–Trinajstić information content (AvgIpc) is 3.31. The van der Waals surface area contributed by atoms with Gasteiger partial charge in [0.1, 0.15) is 16.9 Å². The van der Waals surface area contributed by atoms with Gasteiger partial charge in [-0.2, -0.15) is 5.10 Å². The molecule has 1 aliphatic heterocycles. The Labute approximate surface area is 196 Å². The molecular weight excluding hydrogens is 434 g/mol. The lowest BCUT2D eigenvalue weighted by Crippen LogP contribution is -2.35. The first-order valence-corrected chi connectivity index (χ1v) is 11.7. The van der Waals surface area contributed by atoms with Crippen LogP contribution >= 0.6 is 11.3 Å². The molecule has 0 aliphatic carbocycles. The van der Waals surface area contributed by atoms with Crippen LogP contribution in [0.4, 0.5) is 5.82 Å². The molecule has 0 radical (unpaired) electrons. The molecule has 3 heterocycles. The van der Waals surface area contributed by atoms with Crippen LogP contribution in [-0.2, 0) is 11.3 Å². The van der Waals surface area contributed by atoms with E-state index in [0.29, 0.717) is 5.82 Å². The number of aromatic nitrogens is 2. The topological polar surface area (TPSA) is 71.9 Å². The van der Waals surface area contributed by atoms with E-state index < -0.39 is 0 Å². The zero-order valence-corrected chi connectivity index (χ0v) is 19.2. The minimum atomic E-state index is 0.693. The quantitative estimate of drug-likeness (QED) is 0.321. The van der Waals surface area contributed by atoms with Gasteiger partial charge < -0.3 is 9.47 Å². The summed E-state index contributed by atoms with van der Waals surface area (Å²) >= 11 is 1.60. The molecule has 7 nitrogen and oxygen atoms in total. The van der Waals surface area contributed by atoms with E-state index in [-0.39, 0.29) is 0 Å². The molecule has 0 saturated carbocycles. The third-order valence-corrected chi connectivity index (χ3v) is 6.53.